The Labute approximate surface area is 201 Å². The molecule has 0 aliphatic heterocycles. The van der Waals surface area contributed by atoms with Gasteiger partial charge in [0, 0.05) is 17.7 Å². The minimum absolute atomic E-state index is 0.0131. The molecule has 5 nitrogen and oxygen atoms in total. The first kappa shape index (κ1) is 24.2. The molecule has 2 aliphatic carbocycles. The van der Waals surface area contributed by atoms with Crippen molar-refractivity contribution < 1.29 is 14.0 Å². The average molecular weight is 466 g/mol. The number of nitrogens with two attached hydrogens (primary N) is 1. The van der Waals surface area contributed by atoms with Crippen LogP contribution < -0.4 is 16.4 Å². The lowest BCUT2D eigenvalue weighted by atomic mass is 9.86. The predicted octanol–water partition coefficient (Wildman–Crippen LogP) is 6.65. The second kappa shape index (κ2) is 10.6. The molecular formula is C28H36FN3O2. The number of hydrogen-bond donors (Lipinski definition) is 3. The molecule has 0 heterocycles. The second-order valence-electron chi connectivity index (χ2n) is 10.3. The van der Waals surface area contributed by atoms with Gasteiger partial charge in [0.15, 0.2) is 5.78 Å². The lowest BCUT2D eigenvalue weighted by molar-refractivity contribution is -0.117. The van der Waals surface area contributed by atoms with Crippen LogP contribution in [0.3, 0.4) is 0 Å². The van der Waals surface area contributed by atoms with Gasteiger partial charge in [-0.1, -0.05) is 32.6 Å². The van der Waals surface area contributed by atoms with Crippen molar-refractivity contribution in [3.05, 3.63) is 52.8 Å². The number of halogens is 1. The zero-order valence-corrected chi connectivity index (χ0v) is 20.3. The largest absolute Gasteiger partial charge is 0.397 e. The number of Topliss-reactive ketones (excluding diaryl/α,β-unsaturated/α-hetero) is 1. The zero-order valence-electron chi connectivity index (χ0n) is 20.3. The first-order chi connectivity index (χ1) is 16.3. The molecule has 0 bridgehead atoms. The molecule has 1 fully saturated rings. The molecule has 4 N–H and O–H groups in total. The Hall–Kier alpha value is -2.89. The van der Waals surface area contributed by atoms with Crippen molar-refractivity contribution in [1.29, 1.82) is 0 Å². The van der Waals surface area contributed by atoms with E-state index in [2.05, 4.69) is 17.6 Å². The van der Waals surface area contributed by atoms with Crippen LogP contribution in [0.1, 0.15) is 92.7 Å². The quantitative estimate of drug-likeness (QED) is 0.301. The molecule has 1 amide bonds. The lowest BCUT2D eigenvalue weighted by Crippen LogP contribution is -2.20. The van der Waals surface area contributed by atoms with Gasteiger partial charge in [-0.05, 0) is 85.9 Å². The fraction of sp³-hybridized carbons (Fsp3) is 0.500. The second-order valence-corrected chi connectivity index (χ2v) is 10.3. The Kier molecular flexibility index (Phi) is 7.54. The smallest absolute Gasteiger partial charge is 0.224 e. The van der Waals surface area contributed by atoms with Crippen LogP contribution in [0.15, 0.2) is 30.3 Å². The number of amides is 1. The summed E-state index contributed by atoms with van der Waals surface area (Å²) in [5, 5.41) is 6.42. The highest BCUT2D eigenvalue weighted by molar-refractivity contribution is 5.95. The molecule has 0 saturated heterocycles. The topological polar surface area (TPSA) is 84.2 Å². The van der Waals surface area contributed by atoms with Gasteiger partial charge in [0.05, 0.1) is 17.4 Å². The van der Waals surface area contributed by atoms with E-state index in [0.29, 0.717) is 35.0 Å². The molecule has 0 aromatic heterocycles. The fourth-order valence-electron chi connectivity index (χ4n) is 5.62. The molecule has 34 heavy (non-hydrogen) atoms. The van der Waals surface area contributed by atoms with Crippen LogP contribution in [0.2, 0.25) is 0 Å². The number of hydrogen-bond acceptors (Lipinski definition) is 4. The monoisotopic (exact) mass is 465 g/mol. The summed E-state index contributed by atoms with van der Waals surface area (Å²) in [7, 11) is 0. The number of ketones is 1. The minimum Gasteiger partial charge on any atom is -0.397 e. The maximum atomic E-state index is 14.0. The van der Waals surface area contributed by atoms with E-state index in [0.717, 1.165) is 42.7 Å². The summed E-state index contributed by atoms with van der Waals surface area (Å²) in [5.74, 6) is 0.534. The summed E-state index contributed by atoms with van der Waals surface area (Å²) < 4.78 is 14.0. The summed E-state index contributed by atoms with van der Waals surface area (Å²) in [5.41, 5.74) is 10.7. The summed E-state index contributed by atoms with van der Waals surface area (Å²) in [6.07, 6.45) is 9.61. The summed E-state index contributed by atoms with van der Waals surface area (Å²) in [6.45, 7) is 3.59. The van der Waals surface area contributed by atoms with Crippen molar-refractivity contribution in [3.63, 3.8) is 0 Å². The standard InChI is InChI=1S/C28H36FN3O2/c1-17(10-19-6-3-4-7-19)11-28(34)32-27-14-20-8-5-9-26(24(20)16-25(27)30)31-23-13-21(18(2)33)12-22(29)15-23/h12-17,19,26,31H,3-11,30H2,1-2H3,(H,32,34). The van der Waals surface area contributed by atoms with Gasteiger partial charge in [-0.15, -0.1) is 0 Å². The zero-order chi connectivity index (χ0) is 24.2. The number of nitrogen functional groups attached to an aromatic ring is 1. The Bertz CT molecular complexity index is 1060. The number of aryl methyl sites for hydroxylation is 1. The highest BCUT2D eigenvalue weighted by atomic mass is 19.1. The maximum absolute atomic E-state index is 14.0. The summed E-state index contributed by atoms with van der Waals surface area (Å²) in [6, 6.07) is 8.23. The lowest BCUT2D eigenvalue weighted by Gasteiger charge is -2.29. The van der Waals surface area contributed by atoms with E-state index < -0.39 is 5.82 Å². The Morgan fingerprint density at radius 1 is 1.09 bits per heavy atom. The normalized spacial score (nSPS) is 18.9. The fourth-order valence-corrected chi connectivity index (χ4v) is 5.62. The third-order valence-electron chi connectivity index (χ3n) is 7.29. The molecule has 2 atom stereocenters. The van der Waals surface area contributed by atoms with Crippen LogP contribution in [-0.4, -0.2) is 11.7 Å². The molecule has 2 aliphatic rings. The van der Waals surface area contributed by atoms with E-state index in [1.165, 1.54) is 44.7 Å². The highest BCUT2D eigenvalue weighted by Gasteiger charge is 2.24. The third-order valence-corrected chi connectivity index (χ3v) is 7.29. The molecule has 182 valence electrons. The van der Waals surface area contributed by atoms with E-state index in [1.54, 1.807) is 6.07 Å². The molecule has 4 rings (SSSR count). The number of carbonyl (C=O) groups excluding carboxylic acids is 2. The molecule has 2 unspecified atom stereocenters. The SMILES string of the molecule is CC(=O)c1cc(F)cc(NC2CCCc3cc(NC(=O)CC(C)CC4CCCC4)c(N)cc32)c1. The van der Waals surface area contributed by atoms with Crippen LogP contribution in [0.5, 0.6) is 0 Å². The Morgan fingerprint density at radius 3 is 2.59 bits per heavy atom. The van der Waals surface area contributed by atoms with Crippen molar-refractivity contribution in [2.45, 2.75) is 77.7 Å². The van der Waals surface area contributed by atoms with Crippen LogP contribution in [0.4, 0.5) is 21.5 Å². The molecule has 0 radical (unpaired) electrons. The van der Waals surface area contributed by atoms with Crippen molar-refractivity contribution in [3.8, 4) is 0 Å². The van der Waals surface area contributed by atoms with Crippen LogP contribution in [-0.2, 0) is 11.2 Å². The van der Waals surface area contributed by atoms with E-state index >= 15 is 0 Å². The van der Waals surface area contributed by atoms with Gasteiger partial charge < -0.3 is 16.4 Å². The number of nitrogens with one attached hydrogen (secondary N) is 2. The van der Waals surface area contributed by atoms with E-state index in [9.17, 15) is 14.0 Å². The number of carbonyl (C=O) groups is 2. The van der Waals surface area contributed by atoms with Gasteiger partial charge in [-0.25, -0.2) is 4.39 Å². The Morgan fingerprint density at radius 2 is 1.85 bits per heavy atom. The van der Waals surface area contributed by atoms with Crippen LogP contribution in [0.25, 0.3) is 0 Å². The summed E-state index contributed by atoms with van der Waals surface area (Å²) in [4.78, 5) is 24.4. The van der Waals surface area contributed by atoms with Crippen molar-refractivity contribution in [2.24, 2.45) is 11.8 Å². The number of fused-ring (bicyclic) bond motifs is 1. The minimum atomic E-state index is -0.439. The van der Waals surface area contributed by atoms with Gasteiger partial charge in [0.2, 0.25) is 5.91 Å². The molecule has 1 saturated carbocycles. The number of rotatable bonds is 8. The number of benzene rings is 2. The van der Waals surface area contributed by atoms with Crippen molar-refractivity contribution in [2.75, 3.05) is 16.4 Å². The van der Waals surface area contributed by atoms with E-state index in [1.807, 2.05) is 12.1 Å². The summed E-state index contributed by atoms with van der Waals surface area (Å²) >= 11 is 0. The van der Waals surface area contributed by atoms with Gasteiger partial charge in [0.25, 0.3) is 0 Å². The third kappa shape index (κ3) is 5.96. The molecule has 2 aromatic carbocycles. The molecular weight excluding hydrogens is 429 g/mol. The van der Waals surface area contributed by atoms with Crippen LogP contribution in [0, 0.1) is 17.7 Å². The molecule has 2 aromatic rings. The number of anilines is 3. The maximum Gasteiger partial charge on any atom is 0.224 e. The predicted molar refractivity (Wildman–Crippen MR) is 136 cm³/mol. The molecule has 0 spiro atoms. The van der Waals surface area contributed by atoms with Gasteiger partial charge >= 0.3 is 0 Å². The van der Waals surface area contributed by atoms with Gasteiger partial charge in [-0.2, -0.15) is 0 Å². The van der Waals surface area contributed by atoms with Gasteiger partial charge in [-0.3, -0.25) is 9.59 Å². The van der Waals surface area contributed by atoms with Gasteiger partial charge in [0.1, 0.15) is 5.82 Å². The van der Waals surface area contributed by atoms with E-state index in [4.69, 9.17) is 5.73 Å². The first-order valence-corrected chi connectivity index (χ1v) is 12.6. The Balaban J connectivity index is 1.44. The van der Waals surface area contributed by atoms with E-state index in [-0.39, 0.29) is 17.7 Å². The molecule has 6 heteroatoms. The van der Waals surface area contributed by atoms with Crippen molar-refractivity contribution in [1.82, 2.24) is 0 Å². The van der Waals surface area contributed by atoms with Crippen molar-refractivity contribution >= 4 is 28.8 Å². The highest BCUT2D eigenvalue weighted by Crippen LogP contribution is 2.37. The van der Waals surface area contributed by atoms with Crippen LogP contribution >= 0.6 is 0 Å². The average Bonchev–Trinajstić information content (AvgIpc) is 3.27. The first-order valence-electron chi connectivity index (χ1n) is 12.6.